The molecule has 3 N–H and O–H groups in total. The minimum Gasteiger partial charge on any atom is -0.353 e. The number of thiophene rings is 1. The number of allylic oxidation sites excluding steroid dienone is 2. The average Bonchev–Trinajstić information content (AvgIpc) is 3.26. The van der Waals surface area contributed by atoms with Gasteiger partial charge in [0, 0.05) is 23.6 Å². The van der Waals surface area contributed by atoms with E-state index in [0.717, 1.165) is 27.2 Å². The van der Waals surface area contributed by atoms with Crippen LogP contribution in [0.4, 0.5) is 0 Å². The Labute approximate surface area is 161 Å². The predicted molar refractivity (Wildman–Crippen MR) is 108 cm³/mol. The topological polar surface area (TPSA) is 74.0 Å². The SMILES string of the molecule is CC1(C)CC(=O)C=C(NNC(=O)c2cccc3cc(-c4cccs4)[nH]c23)C1. The average molecular weight is 379 g/mol. The van der Waals surface area contributed by atoms with E-state index in [1.54, 1.807) is 23.5 Å². The van der Waals surface area contributed by atoms with Gasteiger partial charge in [-0.3, -0.25) is 15.0 Å². The van der Waals surface area contributed by atoms with Gasteiger partial charge in [0.05, 0.1) is 21.7 Å². The molecular formula is C21H21N3O2S. The summed E-state index contributed by atoms with van der Waals surface area (Å²) in [6.07, 6.45) is 2.82. The van der Waals surface area contributed by atoms with E-state index in [0.29, 0.717) is 18.4 Å². The van der Waals surface area contributed by atoms with Crippen molar-refractivity contribution in [2.75, 3.05) is 0 Å². The molecule has 0 spiro atoms. The quantitative estimate of drug-likeness (QED) is 0.588. The molecule has 2 heterocycles. The number of ketones is 1. The first-order chi connectivity index (χ1) is 12.9. The fraction of sp³-hybridized carbons (Fsp3) is 0.238. The largest absolute Gasteiger partial charge is 0.353 e. The van der Waals surface area contributed by atoms with Crippen LogP contribution in [0.15, 0.2) is 53.6 Å². The van der Waals surface area contributed by atoms with Crippen molar-refractivity contribution in [1.29, 1.82) is 0 Å². The molecule has 5 nitrogen and oxygen atoms in total. The van der Waals surface area contributed by atoms with Crippen LogP contribution in [-0.4, -0.2) is 16.7 Å². The summed E-state index contributed by atoms with van der Waals surface area (Å²) in [6, 6.07) is 11.7. The molecule has 2 aromatic heterocycles. The highest BCUT2D eigenvalue weighted by Gasteiger charge is 2.27. The van der Waals surface area contributed by atoms with Gasteiger partial charge in [0.25, 0.3) is 5.91 Å². The van der Waals surface area contributed by atoms with Crippen LogP contribution in [0.25, 0.3) is 21.5 Å². The smallest absolute Gasteiger partial charge is 0.271 e. The van der Waals surface area contributed by atoms with Crippen molar-refractivity contribution in [3.05, 3.63) is 59.1 Å². The fourth-order valence-electron chi connectivity index (χ4n) is 3.54. The number of aromatic nitrogens is 1. The number of carbonyl (C=O) groups is 2. The van der Waals surface area contributed by atoms with Crippen molar-refractivity contribution >= 4 is 33.9 Å². The zero-order valence-electron chi connectivity index (χ0n) is 15.3. The number of fused-ring (bicyclic) bond motifs is 1. The summed E-state index contributed by atoms with van der Waals surface area (Å²) in [5.74, 6) is -0.160. The fourth-order valence-corrected chi connectivity index (χ4v) is 4.24. The number of rotatable bonds is 4. The standard InChI is InChI=1S/C21H21N3O2S/c1-21(2)11-14(10-15(25)12-21)23-24-20(26)16-6-3-5-13-9-17(22-19(13)16)18-7-4-8-27-18/h3-10,22-23H,11-12H2,1-2H3,(H,24,26). The van der Waals surface area contributed by atoms with E-state index in [9.17, 15) is 9.59 Å². The number of para-hydroxylation sites is 1. The van der Waals surface area contributed by atoms with Gasteiger partial charge in [0.1, 0.15) is 0 Å². The number of H-pyrrole nitrogens is 1. The molecule has 27 heavy (non-hydrogen) atoms. The molecular weight excluding hydrogens is 358 g/mol. The Morgan fingerprint density at radius 3 is 2.78 bits per heavy atom. The zero-order valence-corrected chi connectivity index (χ0v) is 16.1. The lowest BCUT2D eigenvalue weighted by Crippen LogP contribution is -2.39. The number of amides is 1. The molecule has 4 rings (SSSR count). The summed E-state index contributed by atoms with van der Waals surface area (Å²) in [6.45, 7) is 4.10. The van der Waals surface area contributed by atoms with Gasteiger partial charge in [-0.1, -0.05) is 32.0 Å². The highest BCUT2D eigenvalue weighted by Crippen LogP contribution is 2.32. The number of hydrogen-bond acceptors (Lipinski definition) is 4. The van der Waals surface area contributed by atoms with Gasteiger partial charge < -0.3 is 10.4 Å². The van der Waals surface area contributed by atoms with Crippen LogP contribution < -0.4 is 10.9 Å². The number of nitrogens with one attached hydrogen (secondary N) is 3. The van der Waals surface area contributed by atoms with Gasteiger partial charge in [-0.15, -0.1) is 11.3 Å². The van der Waals surface area contributed by atoms with E-state index in [1.807, 2.05) is 43.5 Å². The molecule has 0 radical (unpaired) electrons. The molecule has 0 aliphatic heterocycles. The van der Waals surface area contributed by atoms with Gasteiger partial charge in [-0.25, -0.2) is 0 Å². The van der Waals surface area contributed by atoms with E-state index in [-0.39, 0.29) is 17.1 Å². The molecule has 0 saturated heterocycles. The number of aromatic amines is 1. The molecule has 3 aromatic rings. The minimum absolute atomic E-state index is 0.0788. The Balaban J connectivity index is 1.55. The third-order valence-corrected chi connectivity index (χ3v) is 5.58. The van der Waals surface area contributed by atoms with Crippen LogP contribution in [0.5, 0.6) is 0 Å². The maximum Gasteiger partial charge on any atom is 0.271 e. The van der Waals surface area contributed by atoms with Gasteiger partial charge in [-0.05, 0) is 35.4 Å². The Kier molecular flexibility index (Phi) is 4.36. The number of carbonyl (C=O) groups excluding carboxylic acids is 2. The van der Waals surface area contributed by atoms with Crippen LogP contribution >= 0.6 is 11.3 Å². The second-order valence-electron chi connectivity index (χ2n) is 7.66. The van der Waals surface area contributed by atoms with Crippen molar-refractivity contribution in [2.24, 2.45) is 5.41 Å². The van der Waals surface area contributed by atoms with Crippen LogP contribution in [0.2, 0.25) is 0 Å². The van der Waals surface area contributed by atoms with Crippen molar-refractivity contribution in [2.45, 2.75) is 26.7 Å². The first kappa shape index (κ1) is 17.5. The van der Waals surface area contributed by atoms with Gasteiger partial charge >= 0.3 is 0 Å². The molecule has 0 bridgehead atoms. The van der Waals surface area contributed by atoms with E-state index in [4.69, 9.17) is 0 Å². The Morgan fingerprint density at radius 1 is 1.19 bits per heavy atom. The van der Waals surface area contributed by atoms with Crippen molar-refractivity contribution in [1.82, 2.24) is 15.8 Å². The molecule has 6 heteroatoms. The molecule has 1 aliphatic carbocycles. The molecule has 1 amide bonds. The normalized spacial score (nSPS) is 16.2. The lowest BCUT2D eigenvalue weighted by Gasteiger charge is -2.29. The summed E-state index contributed by atoms with van der Waals surface area (Å²) in [7, 11) is 0. The van der Waals surface area contributed by atoms with Crippen molar-refractivity contribution < 1.29 is 9.59 Å². The molecule has 0 fully saturated rings. The van der Waals surface area contributed by atoms with Crippen molar-refractivity contribution in [3.8, 4) is 10.6 Å². The zero-order chi connectivity index (χ0) is 19.0. The first-order valence-electron chi connectivity index (χ1n) is 8.87. The molecule has 0 atom stereocenters. The maximum absolute atomic E-state index is 12.7. The van der Waals surface area contributed by atoms with Crippen LogP contribution in [0.1, 0.15) is 37.0 Å². The highest BCUT2D eigenvalue weighted by atomic mass is 32.1. The van der Waals surface area contributed by atoms with Crippen LogP contribution in [-0.2, 0) is 4.79 Å². The van der Waals surface area contributed by atoms with Crippen molar-refractivity contribution in [3.63, 3.8) is 0 Å². The molecule has 1 aromatic carbocycles. The Morgan fingerprint density at radius 2 is 2.04 bits per heavy atom. The van der Waals surface area contributed by atoms with Crippen LogP contribution in [0.3, 0.4) is 0 Å². The van der Waals surface area contributed by atoms with E-state index >= 15 is 0 Å². The van der Waals surface area contributed by atoms with Gasteiger partial charge in [0.15, 0.2) is 5.78 Å². The van der Waals surface area contributed by atoms with E-state index in [1.165, 1.54) is 0 Å². The highest BCUT2D eigenvalue weighted by molar-refractivity contribution is 7.13. The maximum atomic E-state index is 12.7. The molecule has 138 valence electrons. The monoisotopic (exact) mass is 379 g/mol. The second kappa shape index (κ2) is 6.70. The van der Waals surface area contributed by atoms with E-state index < -0.39 is 0 Å². The second-order valence-corrected chi connectivity index (χ2v) is 8.61. The van der Waals surface area contributed by atoms with Gasteiger partial charge in [0.2, 0.25) is 0 Å². The summed E-state index contributed by atoms with van der Waals surface area (Å²) >= 11 is 1.65. The summed E-state index contributed by atoms with van der Waals surface area (Å²) in [5.41, 5.74) is 8.66. The van der Waals surface area contributed by atoms with E-state index in [2.05, 4.69) is 21.9 Å². The first-order valence-corrected chi connectivity index (χ1v) is 9.75. The third-order valence-electron chi connectivity index (χ3n) is 4.68. The third kappa shape index (κ3) is 3.66. The number of hydrogen-bond donors (Lipinski definition) is 3. The van der Waals surface area contributed by atoms with Crippen LogP contribution in [0, 0.1) is 5.41 Å². The lowest BCUT2D eigenvalue weighted by molar-refractivity contribution is -0.117. The molecule has 0 saturated carbocycles. The molecule has 1 aliphatic rings. The van der Waals surface area contributed by atoms with Gasteiger partial charge in [-0.2, -0.15) is 0 Å². The summed E-state index contributed by atoms with van der Waals surface area (Å²) in [5, 5.41) is 3.01. The Hall–Kier alpha value is -2.86. The Bertz CT molecular complexity index is 1040. The summed E-state index contributed by atoms with van der Waals surface area (Å²) in [4.78, 5) is 29.1. The number of hydrazine groups is 1. The summed E-state index contributed by atoms with van der Waals surface area (Å²) < 4.78 is 0. The number of benzene rings is 1. The minimum atomic E-state index is -0.239. The lowest BCUT2D eigenvalue weighted by atomic mass is 9.79. The predicted octanol–water partition coefficient (Wildman–Crippen LogP) is 4.40. The molecule has 0 unspecified atom stereocenters.